The lowest BCUT2D eigenvalue weighted by Crippen LogP contribution is -2.23. The largest absolute Gasteiger partial charge is 0.309 e. The lowest BCUT2D eigenvalue weighted by molar-refractivity contribution is 0.480. The minimum Gasteiger partial charge on any atom is -0.309 e. The first-order chi connectivity index (χ1) is 10.2. The second-order valence-electron chi connectivity index (χ2n) is 5.62. The lowest BCUT2D eigenvalue weighted by Gasteiger charge is -2.17. The predicted molar refractivity (Wildman–Crippen MR) is 95.4 cm³/mol. The Morgan fingerprint density at radius 2 is 2.14 bits per heavy atom. The van der Waals surface area contributed by atoms with Gasteiger partial charge in [0.2, 0.25) is 0 Å². The van der Waals surface area contributed by atoms with Crippen LogP contribution in [0.4, 0.5) is 0 Å². The van der Waals surface area contributed by atoms with Crippen LogP contribution in [0.3, 0.4) is 0 Å². The Labute approximate surface area is 143 Å². The molecule has 112 valence electrons. The normalized spacial score (nSPS) is 22.2. The van der Waals surface area contributed by atoms with Crippen molar-refractivity contribution in [3.05, 3.63) is 55.6 Å². The number of thiophene rings is 1. The van der Waals surface area contributed by atoms with Crippen LogP contribution in [0.25, 0.3) is 0 Å². The van der Waals surface area contributed by atoms with Gasteiger partial charge in [-0.3, -0.25) is 0 Å². The van der Waals surface area contributed by atoms with E-state index in [0.29, 0.717) is 17.9 Å². The highest BCUT2D eigenvalue weighted by Gasteiger charge is 2.44. The second kappa shape index (κ2) is 6.82. The Hall–Kier alpha value is -0.350. The highest BCUT2D eigenvalue weighted by molar-refractivity contribution is 9.10. The summed E-state index contributed by atoms with van der Waals surface area (Å²) in [4.78, 5) is 1.35. The number of hydrogen-bond donors (Lipinski definition) is 1. The molecule has 1 fully saturated rings. The third-order valence-corrected chi connectivity index (χ3v) is 6.64. The fourth-order valence-electron chi connectivity index (χ4n) is 2.95. The van der Waals surface area contributed by atoms with Gasteiger partial charge in [-0.15, -0.1) is 11.3 Å². The highest BCUT2D eigenvalue weighted by atomic mass is 79.9. The summed E-state index contributed by atoms with van der Waals surface area (Å²) in [6.45, 7) is 3.26. The van der Waals surface area contributed by atoms with Crippen molar-refractivity contribution in [3.63, 3.8) is 0 Å². The first kappa shape index (κ1) is 15.5. The Kier molecular flexibility index (Phi) is 5.05. The Morgan fingerprint density at radius 1 is 1.38 bits per heavy atom. The molecule has 1 aromatic carbocycles. The summed E-state index contributed by atoms with van der Waals surface area (Å²) in [6, 6.07) is 13.5. The van der Waals surface area contributed by atoms with Gasteiger partial charge in [-0.25, -0.2) is 0 Å². The smallest absolute Gasteiger partial charge is 0.107 e. The van der Waals surface area contributed by atoms with Gasteiger partial charge in [-0.2, -0.15) is 0 Å². The minimum absolute atomic E-state index is 0.420. The monoisotopic (exact) mass is 383 g/mol. The summed E-state index contributed by atoms with van der Waals surface area (Å²) in [6.07, 6.45) is 2.41. The number of rotatable bonds is 6. The first-order valence-electron chi connectivity index (χ1n) is 7.43. The molecule has 2 aromatic rings. The summed E-state index contributed by atoms with van der Waals surface area (Å²) < 4.78 is 1.87. The van der Waals surface area contributed by atoms with Gasteiger partial charge in [-0.1, -0.05) is 48.9 Å². The van der Waals surface area contributed by atoms with E-state index in [9.17, 15) is 0 Å². The molecular formula is C17H19BrClNS. The van der Waals surface area contributed by atoms with Crippen LogP contribution in [0.15, 0.2) is 40.9 Å². The van der Waals surface area contributed by atoms with Gasteiger partial charge in [-0.05, 0) is 58.8 Å². The summed E-state index contributed by atoms with van der Waals surface area (Å²) >= 11 is 11.5. The maximum Gasteiger partial charge on any atom is 0.107 e. The Balaban J connectivity index is 1.78. The van der Waals surface area contributed by atoms with Crippen molar-refractivity contribution in [3.8, 4) is 0 Å². The standard InChI is InChI=1S/C17H19BrClNS/c1-2-8-20-16(15-10-14(18)17(19)21-15)13-9-12(13)11-6-4-3-5-7-11/h3-7,10,12-13,16,20H,2,8-9H2,1H3. The molecule has 1 saturated carbocycles. The molecule has 0 bridgehead atoms. The van der Waals surface area contributed by atoms with Gasteiger partial charge < -0.3 is 5.32 Å². The van der Waals surface area contributed by atoms with Crippen molar-refractivity contribution < 1.29 is 0 Å². The molecule has 1 aliphatic rings. The van der Waals surface area contributed by atoms with Crippen molar-refractivity contribution in [2.75, 3.05) is 6.54 Å². The summed E-state index contributed by atoms with van der Waals surface area (Å²) in [5.41, 5.74) is 1.47. The lowest BCUT2D eigenvalue weighted by atomic mass is 10.0. The minimum atomic E-state index is 0.420. The van der Waals surface area contributed by atoms with Crippen LogP contribution >= 0.6 is 38.9 Å². The van der Waals surface area contributed by atoms with Crippen molar-refractivity contribution in [2.45, 2.75) is 31.7 Å². The van der Waals surface area contributed by atoms with Gasteiger partial charge in [0.1, 0.15) is 4.34 Å². The molecule has 1 N–H and O–H groups in total. The van der Waals surface area contributed by atoms with Crippen LogP contribution in [-0.4, -0.2) is 6.54 Å². The van der Waals surface area contributed by atoms with Crippen molar-refractivity contribution in [1.29, 1.82) is 0 Å². The zero-order valence-electron chi connectivity index (χ0n) is 12.0. The van der Waals surface area contributed by atoms with Crippen molar-refractivity contribution in [1.82, 2.24) is 5.32 Å². The molecule has 0 spiro atoms. The fourth-order valence-corrected chi connectivity index (χ4v) is 4.83. The van der Waals surface area contributed by atoms with E-state index < -0.39 is 0 Å². The molecule has 4 heteroatoms. The SMILES string of the molecule is CCCNC(c1cc(Br)c(Cl)s1)C1CC1c1ccccc1. The van der Waals surface area contributed by atoms with Crippen LogP contribution in [-0.2, 0) is 0 Å². The summed E-state index contributed by atoms with van der Waals surface area (Å²) in [5.74, 6) is 1.36. The number of hydrogen-bond acceptors (Lipinski definition) is 2. The average Bonchev–Trinajstić information content (AvgIpc) is 3.21. The molecule has 0 saturated heterocycles. The van der Waals surface area contributed by atoms with E-state index in [4.69, 9.17) is 11.6 Å². The molecular weight excluding hydrogens is 366 g/mol. The molecule has 1 heterocycles. The first-order valence-corrected chi connectivity index (χ1v) is 9.42. The van der Waals surface area contributed by atoms with E-state index in [2.05, 4.69) is 64.6 Å². The third kappa shape index (κ3) is 3.53. The Bertz CT molecular complexity index is 579. The molecule has 0 aliphatic heterocycles. The molecule has 3 atom stereocenters. The molecule has 3 rings (SSSR count). The topological polar surface area (TPSA) is 12.0 Å². The third-order valence-electron chi connectivity index (χ3n) is 4.08. The van der Waals surface area contributed by atoms with E-state index >= 15 is 0 Å². The Morgan fingerprint density at radius 3 is 2.76 bits per heavy atom. The molecule has 0 radical (unpaired) electrons. The van der Waals surface area contributed by atoms with E-state index in [1.807, 2.05) is 0 Å². The van der Waals surface area contributed by atoms with Gasteiger partial charge in [0.15, 0.2) is 0 Å². The molecule has 3 unspecified atom stereocenters. The summed E-state index contributed by atoms with van der Waals surface area (Å²) in [5, 5.41) is 3.72. The predicted octanol–water partition coefficient (Wildman–Crippen LogP) is 6.01. The van der Waals surface area contributed by atoms with Crippen LogP contribution in [0.5, 0.6) is 0 Å². The van der Waals surface area contributed by atoms with E-state index in [1.165, 1.54) is 16.9 Å². The van der Waals surface area contributed by atoms with Gasteiger partial charge in [0, 0.05) is 15.4 Å². The van der Waals surface area contributed by atoms with Gasteiger partial charge in [0.25, 0.3) is 0 Å². The van der Waals surface area contributed by atoms with Crippen LogP contribution < -0.4 is 5.32 Å². The number of nitrogens with one attached hydrogen (secondary N) is 1. The van der Waals surface area contributed by atoms with E-state index in [0.717, 1.165) is 21.8 Å². The van der Waals surface area contributed by atoms with Crippen LogP contribution in [0.2, 0.25) is 4.34 Å². The van der Waals surface area contributed by atoms with Crippen molar-refractivity contribution >= 4 is 38.9 Å². The average molecular weight is 385 g/mol. The molecule has 21 heavy (non-hydrogen) atoms. The molecule has 1 aliphatic carbocycles. The molecule has 1 aromatic heterocycles. The van der Waals surface area contributed by atoms with Crippen molar-refractivity contribution in [2.24, 2.45) is 5.92 Å². The van der Waals surface area contributed by atoms with Crippen LogP contribution in [0, 0.1) is 5.92 Å². The molecule has 1 nitrogen and oxygen atoms in total. The zero-order chi connectivity index (χ0) is 14.8. The quantitative estimate of drug-likeness (QED) is 0.643. The maximum absolute atomic E-state index is 6.23. The number of halogens is 2. The zero-order valence-corrected chi connectivity index (χ0v) is 15.1. The van der Waals surface area contributed by atoms with Crippen LogP contribution in [0.1, 0.15) is 42.2 Å². The highest BCUT2D eigenvalue weighted by Crippen LogP contribution is 2.55. The fraction of sp³-hybridized carbons (Fsp3) is 0.412. The molecule has 0 amide bonds. The van der Waals surface area contributed by atoms with E-state index in [-0.39, 0.29) is 0 Å². The second-order valence-corrected chi connectivity index (χ2v) is 8.16. The van der Waals surface area contributed by atoms with Gasteiger partial charge in [0.05, 0.1) is 0 Å². The van der Waals surface area contributed by atoms with Gasteiger partial charge >= 0.3 is 0 Å². The number of benzene rings is 1. The summed E-state index contributed by atoms with van der Waals surface area (Å²) in [7, 11) is 0. The van der Waals surface area contributed by atoms with E-state index in [1.54, 1.807) is 11.3 Å². The maximum atomic E-state index is 6.23.